The number of carbonyl (C=O) groups is 2. The highest BCUT2D eigenvalue weighted by molar-refractivity contribution is 8.00. The molecule has 1 saturated heterocycles. The van der Waals surface area contributed by atoms with Gasteiger partial charge in [0.1, 0.15) is 0 Å². The second-order valence-electron chi connectivity index (χ2n) is 4.55. The molecule has 0 unspecified atom stereocenters. The standard InChI is InChI=1S/C14H18N2O2S/c1-11(17)15-12-6-2-3-7-13(12)19-10-14(18)16-8-4-5-9-16/h2-3,6-7H,4-5,8-10H2,1H3,(H,15,17). The number of para-hydroxylation sites is 1. The number of amides is 2. The van der Waals surface area contributed by atoms with Crippen LogP contribution in [0.3, 0.4) is 0 Å². The Hall–Kier alpha value is -1.49. The van der Waals surface area contributed by atoms with Crippen LogP contribution >= 0.6 is 11.8 Å². The van der Waals surface area contributed by atoms with Gasteiger partial charge < -0.3 is 10.2 Å². The fraction of sp³-hybridized carbons (Fsp3) is 0.429. The first-order chi connectivity index (χ1) is 9.16. The Balaban J connectivity index is 1.94. The van der Waals surface area contributed by atoms with Crippen molar-refractivity contribution in [1.82, 2.24) is 4.90 Å². The summed E-state index contributed by atoms with van der Waals surface area (Å²) < 4.78 is 0. The lowest BCUT2D eigenvalue weighted by Gasteiger charge is -2.15. The van der Waals surface area contributed by atoms with E-state index in [0.717, 1.165) is 36.5 Å². The number of likely N-dealkylation sites (tertiary alicyclic amines) is 1. The Kier molecular flexibility index (Phi) is 4.85. The molecule has 2 rings (SSSR count). The third kappa shape index (κ3) is 3.99. The summed E-state index contributed by atoms with van der Waals surface area (Å²) in [5.74, 6) is 0.510. The summed E-state index contributed by atoms with van der Waals surface area (Å²) in [5, 5.41) is 2.78. The normalized spacial score (nSPS) is 14.5. The van der Waals surface area contributed by atoms with Crippen molar-refractivity contribution in [1.29, 1.82) is 0 Å². The van der Waals surface area contributed by atoms with Crippen molar-refractivity contribution in [2.24, 2.45) is 0 Å². The molecular weight excluding hydrogens is 260 g/mol. The lowest BCUT2D eigenvalue weighted by Crippen LogP contribution is -2.29. The van der Waals surface area contributed by atoms with Crippen molar-refractivity contribution < 1.29 is 9.59 Å². The van der Waals surface area contributed by atoms with Crippen LogP contribution in [0.25, 0.3) is 0 Å². The first-order valence-electron chi connectivity index (χ1n) is 6.44. The van der Waals surface area contributed by atoms with Crippen molar-refractivity contribution in [3.8, 4) is 0 Å². The molecule has 1 heterocycles. The summed E-state index contributed by atoms with van der Waals surface area (Å²) in [6.07, 6.45) is 2.22. The van der Waals surface area contributed by atoms with Crippen LogP contribution < -0.4 is 5.32 Å². The van der Waals surface area contributed by atoms with E-state index in [9.17, 15) is 9.59 Å². The molecule has 0 aliphatic carbocycles. The lowest BCUT2D eigenvalue weighted by molar-refractivity contribution is -0.127. The maximum atomic E-state index is 12.0. The predicted octanol–water partition coefficient (Wildman–Crippen LogP) is 2.36. The van der Waals surface area contributed by atoms with Crippen LogP contribution in [0.2, 0.25) is 0 Å². The number of anilines is 1. The fourth-order valence-electron chi connectivity index (χ4n) is 2.08. The Labute approximate surface area is 117 Å². The minimum atomic E-state index is -0.0982. The Bertz CT molecular complexity index is 470. The molecule has 19 heavy (non-hydrogen) atoms. The second-order valence-corrected chi connectivity index (χ2v) is 5.57. The van der Waals surface area contributed by atoms with E-state index >= 15 is 0 Å². The van der Waals surface area contributed by atoms with Crippen molar-refractivity contribution in [2.45, 2.75) is 24.7 Å². The molecule has 0 aromatic heterocycles. The van der Waals surface area contributed by atoms with Crippen LogP contribution in [-0.2, 0) is 9.59 Å². The summed E-state index contributed by atoms with van der Waals surface area (Å²) in [7, 11) is 0. The van der Waals surface area contributed by atoms with E-state index in [1.807, 2.05) is 29.2 Å². The number of nitrogens with one attached hydrogen (secondary N) is 1. The summed E-state index contributed by atoms with van der Waals surface area (Å²) in [5.41, 5.74) is 0.772. The van der Waals surface area contributed by atoms with Gasteiger partial charge in [-0.25, -0.2) is 0 Å². The van der Waals surface area contributed by atoms with Crippen LogP contribution in [-0.4, -0.2) is 35.6 Å². The minimum Gasteiger partial charge on any atom is -0.342 e. The van der Waals surface area contributed by atoms with Crippen LogP contribution in [0.15, 0.2) is 29.2 Å². The van der Waals surface area contributed by atoms with Gasteiger partial charge in [-0.05, 0) is 25.0 Å². The summed E-state index contributed by atoms with van der Waals surface area (Å²) in [6.45, 7) is 3.25. The SMILES string of the molecule is CC(=O)Nc1ccccc1SCC(=O)N1CCCC1. The molecule has 0 saturated carbocycles. The van der Waals surface area contributed by atoms with E-state index in [0.29, 0.717) is 5.75 Å². The summed E-state index contributed by atoms with van der Waals surface area (Å²) in [6, 6.07) is 7.56. The first kappa shape index (κ1) is 13.9. The third-order valence-electron chi connectivity index (χ3n) is 3.01. The van der Waals surface area contributed by atoms with Crippen molar-refractivity contribution in [3.05, 3.63) is 24.3 Å². The number of hydrogen-bond donors (Lipinski definition) is 1. The van der Waals surface area contributed by atoms with E-state index in [2.05, 4.69) is 5.32 Å². The quantitative estimate of drug-likeness (QED) is 0.860. The van der Waals surface area contributed by atoms with Gasteiger partial charge in [0.15, 0.2) is 0 Å². The highest BCUT2D eigenvalue weighted by Crippen LogP contribution is 2.27. The third-order valence-corrected chi connectivity index (χ3v) is 4.07. The maximum absolute atomic E-state index is 12.0. The Morgan fingerprint density at radius 1 is 1.26 bits per heavy atom. The summed E-state index contributed by atoms with van der Waals surface area (Å²) in [4.78, 5) is 25.9. The summed E-state index contributed by atoms with van der Waals surface area (Å²) >= 11 is 1.48. The zero-order valence-electron chi connectivity index (χ0n) is 11.0. The van der Waals surface area contributed by atoms with Gasteiger partial charge in [0.05, 0.1) is 11.4 Å². The lowest BCUT2D eigenvalue weighted by atomic mass is 10.3. The number of benzene rings is 1. The molecule has 0 bridgehead atoms. The average Bonchev–Trinajstić information content (AvgIpc) is 2.90. The van der Waals surface area contributed by atoms with Gasteiger partial charge >= 0.3 is 0 Å². The van der Waals surface area contributed by atoms with Gasteiger partial charge in [-0.15, -0.1) is 11.8 Å². The Morgan fingerprint density at radius 3 is 2.63 bits per heavy atom. The highest BCUT2D eigenvalue weighted by atomic mass is 32.2. The van der Waals surface area contributed by atoms with Crippen molar-refractivity contribution in [3.63, 3.8) is 0 Å². The van der Waals surface area contributed by atoms with Crippen LogP contribution in [0.4, 0.5) is 5.69 Å². The highest BCUT2D eigenvalue weighted by Gasteiger charge is 2.18. The minimum absolute atomic E-state index is 0.0982. The molecule has 0 radical (unpaired) electrons. The molecule has 102 valence electrons. The molecule has 1 aliphatic rings. The number of thioether (sulfide) groups is 1. The zero-order chi connectivity index (χ0) is 13.7. The van der Waals surface area contributed by atoms with Gasteiger partial charge in [0.25, 0.3) is 0 Å². The van der Waals surface area contributed by atoms with E-state index in [4.69, 9.17) is 0 Å². The van der Waals surface area contributed by atoms with E-state index in [1.165, 1.54) is 18.7 Å². The number of rotatable bonds is 4. The molecule has 1 aromatic carbocycles. The Morgan fingerprint density at radius 2 is 1.95 bits per heavy atom. The molecule has 1 N–H and O–H groups in total. The van der Waals surface area contributed by atoms with Crippen molar-refractivity contribution >= 4 is 29.3 Å². The number of hydrogen-bond acceptors (Lipinski definition) is 3. The van der Waals surface area contributed by atoms with Crippen LogP contribution in [0.1, 0.15) is 19.8 Å². The van der Waals surface area contributed by atoms with Gasteiger partial charge in [0.2, 0.25) is 11.8 Å². The topological polar surface area (TPSA) is 49.4 Å². The smallest absolute Gasteiger partial charge is 0.232 e. The molecule has 1 aromatic rings. The van der Waals surface area contributed by atoms with Gasteiger partial charge in [-0.3, -0.25) is 9.59 Å². The molecule has 0 spiro atoms. The number of nitrogens with zero attached hydrogens (tertiary/aromatic N) is 1. The van der Waals surface area contributed by atoms with E-state index < -0.39 is 0 Å². The van der Waals surface area contributed by atoms with Gasteiger partial charge in [-0.2, -0.15) is 0 Å². The second kappa shape index (κ2) is 6.61. The molecular formula is C14H18N2O2S. The monoisotopic (exact) mass is 278 g/mol. The molecule has 1 fully saturated rings. The molecule has 5 heteroatoms. The number of carbonyl (C=O) groups excluding carboxylic acids is 2. The molecule has 0 atom stereocenters. The molecule has 4 nitrogen and oxygen atoms in total. The first-order valence-corrected chi connectivity index (χ1v) is 7.42. The predicted molar refractivity (Wildman–Crippen MR) is 77.3 cm³/mol. The zero-order valence-corrected chi connectivity index (χ0v) is 11.8. The van der Waals surface area contributed by atoms with E-state index in [1.54, 1.807) is 0 Å². The van der Waals surface area contributed by atoms with Gasteiger partial charge in [0, 0.05) is 24.9 Å². The average molecular weight is 278 g/mol. The maximum Gasteiger partial charge on any atom is 0.232 e. The largest absolute Gasteiger partial charge is 0.342 e. The molecule has 1 aliphatic heterocycles. The van der Waals surface area contributed by atoms with Crippen LogP contribution in [0.5, 0.6) is 0 Å². The van der Waals surface area contributed by atoms with E-state index in [-0.39, 0.29) is 11.8 Å². The van der Waals surface area contributed by atoms with Gasteiger partial charge in [-0.1, -0.05) is 12.1 Å². The van der Waals surface area contributed by atoms with Crippen LogP contribution in [0, 0.1) is 0 Å². The molecule has 2 amide bonds. The van der Waals surface area contributed by atoms with Crippen molar-refractivity contribution in [2.75, 3.05) is 24.2 Å². The fourth-order valence-corrected chi connectivity index (χ4v) is 2.99.